The number of carbonyl (C=O) groups excluding carboxylic acids is 1. The van der Waals surface area contributed by atoms with Crippen LogP contribution in [0.25, 0.3) is 0 Å². The molecule has 1 aliphatic carbocycles. The number of fused-ring (bicyclic) bond motifs is 4. The van der Waals surface area contributed by atoms with Gasteiger partial charge in [0.2, 0.25) is 0 Å². The fourth-order valence-electron chi connectivity index (χ4n) is 4.69. The summed E-state index contributed by atoms with van der Waals surface area (Å²) in [5.74, 6) is 1.70. The van der Waals surface area contributed by atoms with E-state index < -0.39 is 0 Å². The maximum Gasteiger partial charge on any atom is 0.276 e. The van der Waals surface area contributed by atoms with Crippen molar-refractivity contribution < 1.29 is 18.8 Å². The van der Waals surface area contributed by atoms with Crippen molar-refractivity contribution in [3.8, 4) is 5.75 Å². The van der Waals surface area contributed by atoms with Gasteiger partial charge in [0.1, 0.15) is 18.1 Å². The molecule has 0 unspecified atom stereocenters. The summed E-state index contributed by atoms with van der Waals surface area (Å²) < 4.78 is 17.4. The Morgan fingerprint density at radius 2 is 1.79 bits per heavy atom. The molecule has 0 saturated heterocycles. The van der Waals surface area contributed by atoms with Crippen molar-refractivity contribution in [1.82, 2.24) is 10.1 Å². The first-order chi connectivity index (χ1) is 16.3. The lowest BCUT2D eigenvalue weighted by molar-refractivity contribution is 0.0563. The Labute approximate surface area is 194 Å². The predicted octanol–water partition coefficient (Wildman–Crippen LogP) is 4.59. The van der Waals surface area contributed by atoms with Crippen LogP contribution >= 0.6 is 0 Å². The van der Waals surface area contributed by atoms with Crippen LogP contribution in [0.3, 0.4) is 0 Å². The predicted molar refractivity (Wildman–Crippen MR) is 125 cm³/mol. The first kappa shape index (κ1) is 21.7. The van der Waals surface area contributed by atoms with Crippen molar-refractivity contribution in [3.63, 3.8) is 0 Å². The summed E-state index contributed by atoms with van der Waals surface area (Å²) in [6.07, 6.45) is 5.81. The number of nitrogens with zero attached hydrogens (tertiary/aromatic N) is 2. The first-order valence-corrected chi connectivity index (χ1v) is 11.9. The summed E-state index contributed by atoms with van der Waals surface area (Å²) in [7, 11) is 0. The van der Waals surface area contributed by atoms with Gasteiger partial charge in [-0.1, -0.05) is 54.0 Å². The van der Waals surface area contributed by atoms with Gasteiger partial charge in [0, 0.05) is 31.5 Å². The van der Waals surface area contributed by atoms with E-state index in [0.29, 0.717) is 38.6 Å². The molecular formula is C27H30N2O4. The van der Waals surface area contributed by atoms with Gasteiger partial charge in [-0.2, -0.15) is 0 Å². The standard InChI is InChI=1S/C27H30N2O4/c30-27(26-23-10-2-1-3-12-25(23)33-28-26)29-13-14-31-15-16-32-24-11-5-4-9-22(24)18-20-7-6-8-21(17-20)19-29/h4-9,11,17H,1-3,10,12-16,18-19H2. The zero-order valence-corrected chi connectivity index (χ0v) is 18.9. The molecule has 5 rings (SSSR count). The van der Waals surface area contributed by atoms with Crippen LogP contribution in [-0.4, -0.2) is 42.3 Å². The van der Waals surface area contributed by atoms with Crippen molar-refractivity contribution in [1.29, 1.82) is 0 Å². The number of aromatic nitrogens is 1. The number of hydrogen-bond donors (Lipinski definition) is 0. The van der Waals surface area contributed by atoms with Gasteiger partial charge in [-0.05, 0) is 42.0 Å². The molecule has 6 heteroatoms. The molecule has 1 aromatic heterocycles. The van der Waals surface area contributed by atoms with Gasteiger partial charge in [0.15, 0.2) is 5.69 Å². The highest BCUT2D eigenvalue weighted by Gasteiger charge is 2.27. The molecule has 2 aromatic carbocycles. The third-order valence-corrected chi connectivity index (χ3v) is 6.41. The highest BCUT2D eigenvalue weighted by atomic mass is 16.5. The van der Waals surface area contributed by atoms with Crippen LogP contribution in [-0.2, 0) is 30.5 Å². The molecule has 2 aliphatic rings. The summed E-state index contributed by atoms with van der Waals surface area (Å²) in [4.78, 5) is 15.4. The zero-order valence-electron chi connectivity index (χ0n) is 18.9. The smallest absolute Gasteiger partial charge is 0.276 e. The molecular weight excluding hydrogens is 416 g/mol. The lowest BCUT2D eigenvalue weighted by atomic mass is 10.0. The summed E-state index contributed by atoms with van der Waals surface area (Å²) in [6, 6.07) is 16.6. The van der Waals surface area contributed by atoms with Gasteiger partial charge in [-0.3, -0.25) is 4.79 Å². The summed E-state index contributed by atoms with van der Waals surface area (Å²) in [5, 5.41) is 4.20. The number of carbonyl (C=O) groups is 1. The van der Waals surface area contributed by atoms with Gasteiger partial charge >= 0.3 is 0 Å². The number of amides is 1. The third-order valence-electron chi connectivity index (χ3n) is 6.41. The maximum atomic E-state index is 13.6. The van der Waals surface area contributed by atoms with E-state index in [1.54, 1.807) is 0 Å². The van der Waals surface area contributed by atoms with Crippen molar-refractivity contribution in [2.45, 2.75) is 45.1 Å². The Morgan fingerprint density at radius 1 is 0.909 bits per heavy atom. The Bertz CT molecular complexity index is 1110. The second kappa shape index (κ2) is 10.2. The van der Waals surface area contributed by atoms with Crippen LogP contribution in [0.4, 0.5) is 0 Å². The second-order valence-corrected chi connectivity index (χ2v) is 8.79. The molecule has 1 aliphatic heterocycles. The molecule has 1 amide bonds. The Kier molecular flexibility index (Phi) is 6.72. The van der Waals surface area contributed by atoms with Gasteiger partial charge in [-0.15, -0.1) is 0 Å². The van der Waals surface area contributed by atoms with Crippen molar-refractivity contribution >= 4 is 5.91 Å². The summed E-state index contributed by atoms with van der Waals surface area (Å²) in [6.45, 7) is 2.39. The topological polar surface area (TPSA) is 64.8 Å². The molecule has 0 N–H and O–H groups in total. The van der Waals surface area contributed by atoms with E-state index in [0.717, 1.165) is 66.7 Å². The van der Waals surface area contributed by atoms with Gasteiger partial charge < -0.3 is 18.9 Å². The average molecular weight is 447 g/mol. The van der Waals surface area contributed by atoms with Crippen molar-refractivity contribution in [2.24, 2.45) is 0 Å². The normalized spacial score (nSPS) is 17.2. The molecule has 3 aromatic rings. The van der Waals surface area contributed by atoms with E-state index in [1.807, 2.05) is 23.1 Å². The molecule has 0 atom stereocenters. The summed E-state index contributed by atoms with van der Waals surface area (Å²) >= 11 is 0. The third kappa shape index (κ3) is 5.11. The molecule has 6 nitrogen and oxygen atoms in total. The van der Waals surface area contributed by atoms with Gasteiger partial charge in [-0.25, -0.2) is 0 Å². The van der Waals surface area contributed by atoms with Crippen LogP contribution in [0, 0.1) is 0 Å². The van der Waals surface area contributed by atoms with Crippen LogP contribution in [0.5, 0.6) is 5.75 Å². The minimum atomic E-state index is -0.0791. The molecule has 0 saturated carbocycles. The molecule has 0 radical (unpaired) electrons. The maximum absolute atomic E-state index is 13.6. The minimum absolute atomic E-state index is 0.0791. The summed E-state index contributed by atoms with van der Waals surface area (Å²) in [5.41, 5.74) is 4.90. The molecule has 0 fully saturated rings. The van der Waals surface area contributed by atoms with Crippen LogP contribution in [0.1, 0.15) is 57.8 Å². The SMILES string of the molecule is O=C(c1noc2c1CCCCC2)N1CCOCCOc2ccccc2Cc2cccc(c2)C1. The quantitative estimate of drug-likeness (QED) is 0.512. The van der Waals surface area contributed by atoms with E-state index in [2.05, 4.69) is 35.5 Å². The van der Waals surface area contributed by atoms with Crippen molar-refractivity contribution in [2.75, 3.05) is 26.4 Å². The minimum Gasteiger partial charge on any atom is -0.491 e. The van der Waals surface area contributed by atoms with E-state index in [4.69, 9.17) is 14.0 Å². The van der Waals surface area contributed by atoms with E-state index in [1.165, 1.54) is 5.56 Å². The number of para-hydroxylation sites is 1. The van der Waals surface area contributed by atoms with Gasteiger partial charge in [0.05, 0.1) is 13.2 Å². The van der Waals surface area contributed by atoms with Crippen molar-refractivity contribution in [3.05, 3.63) is 82.2 Å². The monoisotopic (exact) mass is 446 g/mol. The Hall–Kier alpha value is -3.12. The highest BCUT2D eigenvalue weighted by Crippen LogP contribution is 2.26. The number of benzene rings is 2. The number of ether oxygens (including phenoxy) is 2. The van der Waals surface area contributed by atoms with Crippen LogP contribution in [0.2, 0.25) is 0 Å². The molecule has 172 valence electrons. The zero-order chi connectivity index (χ0) is 22.5. The lowest BCUT2D eigenvalue weighted by Crippen LogP contribution is -2.34. The number of aryl methyl sites for hydroxylation is 1. The fraction of sp³-hybridized carbons (Fsp3) is 0.407. The first-order valence-electron chi connectivity index (χ1n) is 11.9. The second-order valence-electron chi connectivity index (χ2n) is 8.79. The molecule has 0 spiro atoms. The van der Waals surface area contributed by atoms with E-state index >= 15 is 0 Å². The molecule has 2 bridgehead atoms. The Balaban J connectivity index is 1.42. The van der Waals surface area contributed by atoms with Gasteiger partial charge in [0.25, 0.3) is 5.91 Å². The van der Waals surface area contributed by atoms with E-state index in [9.17, 15) is 4.79 Å². The van der Waals surface area contributed by atoms with E-state index in [-0.39, 0.29) is 5.91 Å². The number of rotatable bonds is 1. The molecule has 33 heavy (non-hydrogen) atoms. The lowest BCUT2D eigenvalue weighted by Gasteiger charge is -2.23. The number of hydrogen-bond acceptors (Lipinski definition) is 5. The van der Waals surface area contributed by atoms with Crippen LogP contribution in [0.15, 0.2) is 53.1 Å². The largest absolute Gasteiger partial charge is 0.491 e. The molecule has 2 heterocycles. The average Bonchev–Trinajstić information content (AvgIpc) is 3.08. The van der Waals surface area contributed by atoms with Crippen LogP contribution < -0.4 is 4.74 Å². The Morgan fingerprint density at radius 3 is 2.76 bits per heavy atom. The highest BCUT2D eigenvalue weighted by molar-refractivity contribution is 5.93. The fourth-order valence-corrected chi connectivity index (χ4v) is 4.69.